The zero-order valence-corrected chi connectivity index (χ0v) is 12.1. The zero-order valence-electron chi connectivity index (χ0n) is 10.5. The first-order chi connectivity index (χ1) is 8.49. The molecule has 1 fully saturated rings. The molecule has 0 amide bonds. The van der Waals surface area contributed by atoms with Crippen LogP contribution in [0.25, 0.3) is 0 Å². The molecule has 1 saturated heterocycles. The number of ketones is 1. The number of rotatable bonds is 7. The minimum atomic E-state index is -3.50. The molecule has 0 aliphatic carbocycles. The molecule has 18 heavy (non-hydrogen) atoms. The second kappa shape index (κ2) is 7.91. The van der Waals surface area contributed by atoms with Crippen molar-refractivity contribution in [3.8, 4) is 0 Å². The van der Waals surface area contributed by atoms with E-state index in [0.717, 1.165) is 18.6 Å². The van der Waals surface area contributed by atoms with Crippen molar-refractivity contribution in [3.05, 3.63) is 0 Å². The van der Waals surface area contributed by atoms with Crippen LogP contribution in [0.15, 0.2) is 0 Å². The summed E-state index contributed by atoms with van der Waals surface area (Å²) in [6.45, 7) is 2.41. The van der Waals surface area contributed by atoms with Crippen LogP contribution >= 0.6 is 11.8 Å². The first-order valence-corrected chi connectivity index (χ1v) is 8.54. The highest BCUT2D eigenvalue weighted by Gasteiger charge is 2.27. The zero-order chi connectivity index (χ0) is 13.4. The molecule has 0 saturated carbocycles. The van der Waals surface area contributed by atoms with Crippen LogP contribution in [-0.2, 0) is 23.5 Å². The van der Waals surface area contributed by atoms with Crippen LogP contribution in [0, 0.1) is 0 Å². The van der Waals surface area contributed by atoms with Crippen LogP contribution in [0.3, 0.4) is 0 Å². The number of ether oxygens (including phenoxy) is 1. The highest BCUT2D eigenvalue weighted by Crippen LogP contribution is 2.11. The van der Waals surface area contributed by atoms with Gasteiger partial charge >= 0.3 is 15.2 Å². The molecule has 0 aromatic heterocycles. The second-order valence-corrected chi connectivity index (χ2v) is 6.97. The van der Waals surface area contributed by atoms with Crippen molar-refractivity contribution in [1.82, 2.24) is 0 Å². The molecule has 0 N–H and O–H groups in total. The molecule has 1 heterocycles. The molecule has 0 unspecified atom stereocenters. The highest BCUT2D eigenvalue weighted by atomic mass is 32.2. The predicted molar refractivity (Wildman–Crippen MR) is 71.2 cm³/mol. The van der Waals surface area contributed by atoms with Crippen molar-refractivity contribution in [3.63, 3.8) is 0 Å². The molecular formula is C11H19O5S2+. The standard InChI is InChI=1S/C11H19O5S2/c1-10(12)5-3-2-4-8-18(13,14)16-11-9-15-6-7-17-11/h2-9H2,1H3/q+1. The van der Waals surface area contributed by atoms with Crippen molar-refractivity contribution in [2.24, 2.45) is 0 Å². The van der Waals surface area contributed by atoms with Gasteiger partial charge in [0.25, 0.3) is 0 Å². The first-order valence-electron chi connectivity index (χ1n) is 5.97. The summed E-state index contributed by atoms with van der Waals surface area (Å²) in [6, 6.07) is 0. The molecule has 1 aliphatic heterocycles. The third-order valence-electron chi connectivity index (χ3n) is 2.35. The molecule has 1 rings (SSSR count). The van der Waals surface area contributed by atoms with Gasteiger partial charge in [0.2, 0.25) is 0 Å². The Kier molecular flexibility index (Phi) is 6.88. The fourth-order valence-corrected chi connectivity index (χ4v) is 3.54. The molecule has 5 nitrogen and oxygen atoms in total. The Balaban J connectivity index is 2.28. The number of hydrogen-bond acceptors (Lipinski definition) is 5. The first kappa shape index (κ1) is 15.7. The SMILES string of the molecule is CC(=O)CCCCCS(=O)(=O)[O+]=C1COCCS1. The molecule has 0 spiro atoms. The summed E-state index contributed by atoms with van der Waals surface area (Å²) in [4.78, 5) is 10.7. The Labute approximate surface area is 112 Å². The lowest BCUT2D eigenvalue weighted by molar-refractivity contribution is -0.267. The second-order valence-electron chi connectivity index (χ2n) is 4.13. The Bertz CT molecular complexity index is 392. The average Bonchev–Trinajstić information content (AvgIpc) is 2.28. The van der Waals surface area contributed by atoms with Crippen LogP contribution in [0.4, 0.5) is 0 Å². The summed E-state index contributed by atoms with van der Waals surface area (Å²) in [5.74, 6) is 0.860. The van der Waals surface area contributed by atoms with E-state index in [1.54, 1.807) is 0 Å². The molecular weight excluding hydrogens is 276 g/mol. The van der Waals surface area contributed by atoms with Crippen LogP contribution in [0.5, 0.6) is 0 Å². The van der Waals surface area contributed by atoms with E-state index in [1.807, 2.05) is 0 Å². The van der Waals surface area contributed by atoms with Gasteiger partial charge in [0.15, 0.2) is 6.61 Å². The maximum Gasteiger partial charge on any atom is 0.496 e. The summed E-state index contributed by atoms with van der Waals surface area (Å²) in [6.07, 6.45) is 2.50. The van der Waals surface area contributed by atoms with E-state index in [4.69, 9.17) is 8.61 Å². The lowest BCUT2D eigenvalue weighted by Gasteiger charge is -2.04. The Morgan fingerprint density at radius 3 is 2.78 bits per heavy atom. The largest absolute Gasteiger partial charge is 0.496 e. The summed E-state index contributed by atoms with van der Waals surface area (Å²) in [7, 11) is -3.50. The summed E-state index contributed by atoms with van der Waals surface area (Å²) >= 11 is 1.38. The van der Waals surface area contributed by atoms with Crippen molar-refractivity contribution >= 4 is 32.8 Å². The number of hydrogen-bond donors (Lipinski definition) is 0. The van der Waals surface area contributed by atoms with Crippen LogP contribution in [-0.4, -0.2) is 44.0 Å². The number of thioether (sulfide) groups is 1. The summed E-state index contributed by atoms with van der Waals surface area (Å²) in [5.41, 5.74) is 0. The van der Waals surface area contributed by atoms with E-state index in [2.05, 4.69) is 0 Å². The van der Waals surface area contributed by atoms with Gasteiger partial charge in [-0.05, 0) is 31.5 Å². The average molecular weight is 295 g/mol. The van der Waals surface area contributed by atoms with Gasteiger partial charge in [-0.25, -0.2) is 0 Å². The Morgan fingerprint density at radius 1 is 1.39 bits per heavy atom. The summed E-state index contributed by atoms with van der Waals surface area (Å²) in [5, 5.41) is 0.421. The monoisotopic (exact) mass is 295 g/mol. The van der Waals surface area contributed by atoms with Gasteiger partial charge in [-0.2, -0.15) is 0 Å². The quantitative estimate of drug-likeness (QED) is 0.523. The normalized spacial score (nSPS) is 19.1. The van der Waals surface area contributed by atoms with Gasteiger partial charge in [-0.15, -0.1) is 12.3 Å². The molecule has 0 aromatic rings. The van der Waals surface area contributed by atoms with Crippen LogP contribution in [0.2, 0.25) is 0 Å². The van der Waals surface area contributed by atoms with Gasteiger partial charge in [-0.3, -0.25) is 0 Å². The van der Waals surface area contributed by atoms with Gasteiger partial charge < -0.3 is 9.53 Å². The topological polar surface area (TPSA) is 71.7 Å². The van der Waals surface area contributed by atoms with Crippen molar-refractivity contribution in [1.29, 1.82) is 0 Å². The molecule has 0 atom stereocenters. The maximum atomic E-state index is 11.6. The Morgan fingerprint density at radius 2 is 2.17 bits per heavy atom. The third-order valence-corrected chi connectivity index (χ3v) is 4.60. The van der Waals surface area contributed by atoms with Crippen molar-refractivity contribution in [2.45, 2.75) is 32.6 Å². The van der Waals surface area contributed by atoms with Gasteiger partial charge in [0, 0.05) is 12.2 Å². The molecule has 104 valence electrons. The Hall–Kier alpha value is -0.400. The summed E-state index contributed by atoms with van der Waals surface area (Å²) < 4.78 is 33.3. The number of unbranched alkanes of at least 4 members (excludes halogenated alkanes) is 2. The smallest absolute Gasteiger partial charge is 0.366 e. The number of Topliss-reactive ketones (excluding diaryl/α,β-unsaturated/α-hetero) is 1. The van der Waals surface area contributed by atoms with Gasteiger partial charge in [-0.1, -0.05) is 6.42 Å². The number of carbonyl (C=O) groups is 1. The maximum absolute atomic E-state index is 11.6. The molecule has 0 aromatic carbocycles. The van der Waals surface area contributed by atoms with E-state index < -0.39 is 10.1 Å². The fraction of sp³-hybridized carbons (Fsp3) is 0.818. The van der Waals surface area contributed by atoms with Crippen molar-refractivity contribution < 1.29 is 21.8 Å². The minimum absolute atomic E-state index is 0.00500. The van der Waals surface area contributed by atoms with E-state index in [-0.39, 0.29) is 18.1 Å². The number of carbonyl (C=O) groups excluding carboxylic acids is 2. The lowest BCUT2D eigenvalue weighted by Crippen LogP contribution is -2.20. The highest BCUT2D eigenvalue weighted by molar-refractivity contribution is 8.14. The van der Waals surface area contributed by atoms with Gasteiger partial charge in [0.1, 0.15) is 11.5 Å². The van der Waals surface area contributed by atoms with E-state index in [0.29, 0.717) is 24.6 Å². The molecule has 0 bridgehead atoms. The third kappa shape index (κ3) is 7.13. The van der Waals surface area contributed by atoms with Crippen LogP contribution < -0.4 is 0 Å². The fourth-order valence-electron chi connectivity index (χ4n) is 1.47. The van der Waals surface area contributed by atoms with E-state index in [1.165, 1.54) is 18.7 Å². The predicted octanol–water partition coefficient (Wildman–Crippen LogP) is 1.29. The molecule has 0 radical (unpaired) electrons. The molecule has 7 heteroatoms. The minimum Gasteiger partial charge on any atom is -0.366 e. The van der Waals surface area contributed by atoms with Gasteiger partial charge in [0.05, 0.1) is 6.61 Å². The van der Waals surface area contributed by atoms with E-state index in [9.17, 15) is 13.2 Å². The van der Waals surface area contributed by atoms with Crippen LogP contribution in [0.1, 0.15) is 32.6 Å². The van der Waals surface area contributed by atoms with Crippen molar-refractivity contribution in [2.75, 3.05) is 24.7 Å². The lowest BCUT2D eigenvalue weighted by atomic mass is 10.2. The van der Waals surface area contributed by atoms with E-state index >= 15 is 0 Å². The molecule has 1 aliphatic rings.